The molecule has 1 fully saturated rings. The van der Waals surface area contributed by atoms with E-state index in [1.807, 2.05) is 13.8 Å². The fourth-order valence-corrected chi connectivity index (χ4v) is 4.31. The van der Waals surface area contributed by atoms with E-state index in [-0.39, 0.29) is 17.6 Å². The number of hydrogen-bond donors (Lipinski definition) is 0. The molecule has 174 valence electrons. The summed E-state index contributed by atoms with van der Waals surface area (Å²) in [6.07, 6.45) is 5.49. The first-order valence-corrected chi connectivity index (χ1v) is 11.4. The summed E-state index contributed by atoms with van der Waals surface area (Å²) in [4.78, 5) is 19.4. The highest BCUT2D eigenvalue weighted by atomic mass is 35.5. The smallest absolute Gasteiger partial charge is 0.185 e. The molecule has 3 aromatic rings. The van der Waals surface area contributed by atoms with Crippen molar-refractivity contribution in [3.05, 3.63) is 69.0 Å². The Balaban J connectivity index is 1.52. The van der Waals surface area contributed by atoms with E-state index >= 15 is 0 Å². The number of aryl methyl sites for hydroxylation is 2. The quantitative estimate of drug-likeness (QED) is 0.521. The van der Waals surface area contributed by atoms with E-state index in [9.17, 15) is 9.18 Å². The Morgan fingerprint density at radius 1 is 1.24 bits per heavy atom. The number of aromatic nitrogens is 4. The Kier molecular flexibility index (Phi) is 7.05. The highest BCUT2D eigenvalue weighted by molar-refractivity contribution is 6.30. The molecule has 1 aliphatic rings. The van der Waals surface area contributed by atoms with Crippen molar-refractivity contribution in [2.75, 3.05) is 18.0 Å². The molecule has 4 rings (SSSR count). The topological polar surface area (TPSA) is 73.1 Å². The molecule has 0 aliphatic carbocycles. The summed E-state index contributed by atoms with van der Waals surface area (Å²) in [5.74, 6) is -0.462. The molecule has 1 aliphatic heterocycles. The fourth-order valence-electron chi connectivity index (χ4n) is 4.15. The minimum absolute atomic E-state index is 0.0786. The maximum Gasteiger partial charge on any atom is 0.185 e. The van der Waals surface area contributed by atoms with Gasteiger partial charge in [0.1, 0.15) is 11.5 Å². The van der Waals surface area contributed by atoms with Crippen LogP contribution in [0.15, 0.2) is 41.5 Å². The molecule has 1 aromatic carbocycles. The van der Waals surface area contributed by atoms with Gasteiger partial charge in [-0.2, -0.15) is 0 Å². The monoisotopic (exact) mass is 471 g/mol. The molecule has 0 saturated carbocycles. The van der Waals surface area contributed by atoms with E-state index in [1.54, 1.807) is 42.3 Å². The molecule has 1 saturated heterocycles. The van der Waals surface area contributed by atoms with Gasteiger partial charge in [-0.05, 0) is 51.3 Å². The summed E-state index contributed by atoms with van der Waals surface area (Å²) in [5.41, 5.74) is 2.81. The zero-order chi connectivity index (χ0) is 23.5. The maximum atomic E-state index is 14.5. The van der Waals surface area contributed by atoms with E-state index < -0.39 is 5.82 Å². The van der Waals surface area contributed by atoms with Gasteiger partial charge in [-0.3, -0.25) is 14.5 Å². The fraction of sp³-hybridized carbons (Fsp3) is 0.417. The third-order valence-corrected chi connectivity index (χ3v) is 6.00. The van der Waals surface area contributed by atoms with Crippen LogP contribution in [0.25, 0.3) is 11.3 Å². The summed E-state index contributed by atoms with van der Waals surface area (Å²) < 4.78 is 22.0. The van der Waals surface area contributed by atoms with Crippen molar-refractivity contribution in [1.29, 1.82) is 0 Å². The van der Waals surface area contributed by atoms with Crippen molar-refractivity contribution < 1.29 is 9.13 Å². The Labute approximate surface area is 197 Å². The predicted octanol–water partition coefficient (Wildman–Crippen LogP) is 3.82. The average Bonchev–Trinajstić information content (AvgIpc) is 3.30. The van der Waals surface area contributed by atoms with Crippen LogP contribution in [0.3, 0.4) is 0 Å². The molecule has 0 radical (unpaired) electrons. The van der Waals surface area contributed by atoms with Crippen LogP contribution < -0.4 is 10.3 Å². The van der Waals surface area contributed by atoms with Crippen molar-refractivity contribution in [1.82, 2.24) is 20.0 Å². The molecule has 9 heteroatoms. The van der Waals surface area contributed by atoms with Crippen LogP contribution >= 0.6 is 11.6 Å². The Hall–Kier alpha value is -2.84. The lowest BCUT2D eigenvalue weighted by molar-refractivity contribution is 0.0210. The van der Waals surface area contributed by atoms with Crippen molar-refractivity contribution in [3.63, 3.8) is 0 Å². The van der Waals surface area contributed by atoms with Crippen molar-refractivity contribution in [2.24, 2.45) is 7.05 Å². The van der Waals surface area contributed by atoms with Gasteiger partial charge in [0, 0.05) is 48.5 Å². The van der Waals surface area contributed by atoms with Crippen LogP contribution in [0.2, 0.25) is 5.02 Å². The Morgan fingerprint density at radius 2 is 2.06 bits per heavy atom. The lowest BCUT2D eigenvalue weighted by atomic mass is 10.0. The number of ether oxygens (including phenoxy) is 1. The van der Waals surface area contributed by atoms with Crippen LogP contribution in [0.1, 0.15) is 31.5 Å². The Bertz CT molecular complexity index is 1200. The normalized spacial score (nSPS) is 16.1. The number of anilines is 1. The van der Waals surface area contributed by atoms with Crippen LogP contribution in [0, 0.1) is 5.82 Å². The van der Waals surface area contributed by atoms with Gasteiger partial charge in [0.25, 0.3) is 0 Å². The number of nitrogens with zero attached hydrogens (tertiary/aromatic N) is 5. The summed E-state index contributed by atoms with van der Waals surface area (Å²) in [5, 5.41) is 8.50. The molecule has 33 heavy (non-hydrogen) atoms. The second kappa shape index (κ2) is 9.97. The van der Waals surface area contributed by atoms with Crippen LogP contribution in [-0.4, -0.2) is 45.3 Å². The molecule has 3 heterocycles. The minimum atomic E-state index is -0.462. The molecule has 0 N–H and O–H groups in total. The highest BCUT2D eigenvalue weighted by Crippen LogP contribution is 2.27. The van der Waals surface area contributed by atoms with Crippen molar-refractivity contribution in [3.8, 4) is 11.3 Å². The van der Waals surface area contributed by atoms with Gasteiger partial charge in [-0.25, -0.2) is 4.39 Å². The first-order chi connectivity index (χ1) is 15.8. The molecule has 0 amide bonds. The van der Waals surface area contributed by atoms with E-state index in [0.717, 1.165) is 30.9 Å². The predicted molar refractivity (Wildman–Crippen MR) is 126 cm³/mol. The lowest BCUT2D eigenvalue weighted by Crippen LogP contribution is -2.25. The summed E-state index contributed by atoms with van der Waals surface area (Å²) in [6.45, 7) is 5.63. The summed E-state index contributed by atoms with van der Waals surface area (Å²) in [6, 6.07) is 6.10. The third kappa shape index (κ3) is 5.39. The van der Waals surface area contributed by atoms with Gasteiger partial charge in [-0.1, -0.05) is 16.8 Å². The van der Waals surface area contributed by atoms with Gasteiger partial charge >= 0.3 is 0 Å². The second-order valence-electron chi connectivity index (χ2n) is 8.54. The summed E-state index contributed by atoms with van der Waals surface area (Å²) in [7, 11) is 1.75. The third-order valence-electron chi connectivity index (χ3n) is 5.77. The number of halogens is 2. The van der Waals surface area contributed by atoms with Gasteiger partial charge in [0.2, 0.25) is 0 Å². The molecule has 7 nitrogen and oxygen atoms in total. The minimum Gasteiger partial charge on any atom is -0.374 e. The zero-order valence-electron chi connectivity index (χ0n) is 19.0. The molecular formula is C24H27ClFN5O2. The molecule has 1 atom stereocenters. The van der Waals surface area contributed by atoms with Crippen molar-refractivity contribution in [2.45, 2.75) is 45.3 Å². The summed E-state index contributed by atoms with van der Waals surface area (Å²) >= 11 is 5.88. The standard InChI is InChI=1S/C24H27ClFN5O2/c1-15(2)33-19-8-9-31(14-19)18-11-23(32)16(12-27-13-18)4-7-22-24(28-29-30(22)3)20-6-5-17(25)10-21(20)26/h5-6,10-13,15,19H,4,7-9,14H2,1-3H3/t19-/m1/s1. The van der Waals surface area contributed by atoms with Crippen molar-refractivity contribution >= 4 is 17.3 Å². The van der Waals surface area contributed by atoms with Gasteiger partial charge in [0.15, 0.2) is 5.43 Å². The number of rotatable bonds is 7. The number of hydrogen-bond acceptors (Lipinski definition) is 6. The SMILES string of the molecule is CC(C)O[C@@H]1CCN(c2cncc(CCc3c(-c4ccc(Cl)cc4F)nnn3C)c(=O)c2)C1. The van der Waals surface area contributed by atoms with Gasteiger partial charge < -0.3 is 9.64 Å². The highest BCUT2D eigenvalue weighted by Gasteiger charge is 2.24. The zero-order valence-corrected chi connectivity index (χ0v) is 19.7. The first-order valence-electron chi connectivity index (χ1n) is 11.0. The van der Waals surface area contributed by atoms with Crippen LogP contribution in [-0.2, 0) is 24.6 Å². The maximum absolute atomic E-state index is 14.5. The lowest BCUT2D eigenvalue weighted by Gasteiger charge is -2.18. The average molecular weight is 472 g/mol. The number of benzene rings is 1. The molecule has 0 unspecified atom stereocenters. The van der Waals surface area contributed by atoms with E-state index in [1.165, 1.54) is 6.07 Å². The van der Waals surface area contributed by atoms with Gasteiger partial charge in [0.05, 0.1) is 29.8 Å². The van der Waals surface area contributed by atoms with Gasteiger partial charge in [-0.15, -0.1) is 5.10 Å². The van der Waals surface area contributed by atoms with Crippen LogP contribution in [0.5, 0.6) is 0 Å². The molecule has 0 bridgehead atoms. The molecular weight excluding hydrogens is 445 g/mol. The first kappa shape index (κ1) is 23.3. The second-order valence-corrected chi connectivity index (χ2v) is 8.98. The van der Waals surface area contributed by atoms with E-state index in [0.29, 0.717) is 34.7 Å². The molecule has 0 spiro atoms. The van der Waals surface area contributed by atoms with E-state index in [2.05, 4.69) is 20.2 Å². The van der Waals surface area contributed by atoms with E-state index in [4.69, 9.17) is 16.3 Å². The molecule has 2 aromatic heterocycles. The Morgan fingerprint density at radius 3 is 2.82 bits per heavy atom. The largest absolute Gasteiger partial charge is 0.374 e. The van der Waals surface area contributed by atoms with Crippen LogP contribution in [0.4, 0.5) is 10.1 Å².